The molecular weight excluding hydrogens is 526 g/mol. The molecular formula is C31H45N3O5S. The number of carbonyl (C=O) groups excluding carboxylic acids is 2. The Hall–Kier alpha value is -2.75. The highest BCUT2D eigenvalue weighted by molar-refractivity contribution is 7.91. The molecule has 1 unspecified atom stereocenters. The summed E-state index contributed by atoms with van der Waals surface area (Å²) in [5, 5.41) is 20.2. The second-order valence-electron chi connectivity index (χ2n) is 10.9. The number of unbranched alkanes of at least 4 members (excludes halogenated alkanes) is 2. The Labute approximate surface area is 239 Å². The van der Waals surface area contributed by atoms with E-state index in [0.717, 1.165) is 44.1 Å². The summed E-state index contributed by atoms with van der Waals surface area (Å²) in [7, 11) is -3.50. The zero-order chi connectivity index (χ0) is 29.0. The van der Waals surface area contributed by atoms with Crippen LogP contribution < -0.4 is 16.0 Å². The molecule has 220 valence electrons. The van der Waals surface area contributed by atoms with Crippen molar-refractivity contribution in [3.05, 3.63) is 65.7 Å². The molecule has 1 saturated carbocycles. The first kappa shape index (κ1) is 31.8. The first-order chi connectivity index (χ1) is 19.2. The molecule has 1 aliphatic rings. The van der Waals surface area contributed by atoms with Crippen molar-refractivity contribution in [2.45, 2.75) is 101 Å². The number of hydrogen-bond donors (Lipinski definition) is 4. The minimum absolute atomic E-state index is 0.0411. The Morgan fingerprint density at radius 1 is 1.00 bits per heavy atom. The summed E-state index contributed by atoms with van der Waals surface area (Å²) in [4.78, 5) is 26.0. The van der Waals surface area contributed by atoms with Crippen molar-refractivity contribution in [3.63, 3.8) is 0 Å². The average molecular weight is 572 g/mol. The smallest absolute Gasteiger partial charge is 0.251 e. The molecule has 3 atom stereocenters. The zero-order valence-corrected chi connectivity index (χ0v) is 24.6. The van der Waals surface area contributed by atoms with Gasteiger partial charge in [-0.2, -0.15) is 0 Å². The fraction of sp³-hybridized carbons (Fsp3) is 0.548. The predicted octanol–water partition coefficient (Wildman–Crippen LogP) is 3.78. The molecule has 2 aromatic rings. The SMILES string of the molecule is CCCCCS(=O)(=O)c1cccc(C(=O)N[C@@H](Cc2ccccc2)[C@H](O)CNC(C)C(=O)NC2CCCCC2)c1. The van der Waals surface area contributed by atoms with E-state index in [4.69, 9.17) is 0 Å². The summed E-state index contributed by atoms with van der Waals surface area (Å²) in [5.74, 6) is -0.521. The van der Waals surface area contributed by atoms with Gasteiger partial charge >= 0.3 is 0 Å². The Morgan fingerprint density at radius 3 is 2.42 bits per heavy atom. The average Bonchev–Trinajstić information content (AvgIpc) is 2.96. The molecule has 0 spiro atoms. The van der Waals surface area contributed by atoms with Crippen LogP contribution in [-0.4, -0.2) is 61.9 Å². The maximum atomic E-state index is 13.3. The van der Waals surface area contributed by atoms with Gasteiger partial charge in [-0.15, -0.1) is 0 Å². The summed E-state index contributed by atoms with van der Waals surface area (Å²) in [5.41, 5.74) is 1.15. The third kappa shape index (κ3) is 10.0. The highest BCUT2D eigenvalue weighted by atomic mass is 32.2. The van der Waals surface area contributed by atoms with Gasteiger partial charge in [0.15, 0.2) is 9.84 Å². The maximum Gasteiger partial charge on any atom is 0.251 e. The summed E-state index contributed by atoms with van der Waals surface area (Å²) >= 11 is 0. The van der Waals surface area contributed by atoms with E-state index in [-0.39, 0.29) is 34.7 Å². The standard InChI is InChI=1S/C31H45N3O5S/c1-3-4-11-19-40(38,39)27-18-12-15-25(21-27)31(37)34-28(20-24-13-7-5-8-14-24)29(35)22-32-23(2)30(36)33-26-16-9-6-10-17-26/h5,7-8,12-15,18,21,23,26,28-29,32,35H,3-4,6,9-11,16-17,19-20,22H2,1-2H3,(H,33,36)(H,34,37)/t23?,28-,29+/m0/s1. The summed E-state index contributed by atoms with van der Waals surface area (Å²) in [6, 6.07) is 14.6. The Morgan fingerprint density at radius 2 is 1.73 bits per heavy atom. The van der Waals surface area contributed by atoms with E-state index in [1.54, 1.807) is 19.1 Å². The quantitative estimate of drug-likeness (QED) is 0.241. The van der Waals surface area contributed by atoms with Crippen LogP contribution in [0.25, 0.3) is 0 Å². The molecule has 1 fully saturated rings. The molecule has 4 N–H and O–H groups in total. The van der Waals surface area contributed by atoms with Gasteiger partial charge in [-0.3, -0.25) is 9.59 Å². The number of carbonyl (C=O) groups is 2. The molecule has 40 heavy (non-hydrogen) atoms. The van der Waals surface area contributed by atoms with Crippen LogP contribution in [0.4, 0.5) is 0 Å². The summed E-state index contributed by atoms with van der Waals surface area (Å²) in [6.07, 6.45) is 7.14. The molecule has 8 nitrogen and oxygen atoms in total. The molecule has 0 heterocycles. The van der Waals surface area contributed by atoms with Crippen LogP contribution in [0.5, 0.6) is 0 Å². The largest absolute Gasteiger partial charge is 0.390 e. The third-order valence-electron chi connectivity index (χ3n) is 7.53. The molecule has 0 aromatic heterocycles. The second kappa shape index (κ2) is 15.9. The third-order valence-corrected chi connectivity index (χ3v) is 9.33. The van der Waals surface area contributed by atoms with E-state index < -0.39 is 33.9 Å². The number of sulfone groups is 1. The Bertz CT molecular complexity index is 1180. The highest BCUT2D eigenvalue weighted by Gasteiger charge is 2.26. The lowest BCUT2D eigenvalue weighted by Crippen LogP contribution is -2.53. The number of nitrogens with one attached hydrogen (secondary N) is 3. The van der Waals surface area contributed by atoms with Gasteiger partial charge in [-0.1, -0.05) is 75.4 Å². The van der Waals surface area contributed by atoms with E-state index >= 15 is 0 Å². The normalized spacial score (nSPS) is 16.6. The molecule has 0 aliphatic heterocycles. The number of rotatable bonds is 15. The molecule has 0 radical (unpaired) electrons. The van der Waals surface area contributed by atoms with Gasteiger partial charge in [0, 0.05) is 18.2 Å². The maximum absolute atomic E-state index is 13.3. The Balaban J connectivity index is 1.66. The molecule has 0 saturated heterocycles. The van der Waals surface area contributed by atoms with Crippen molar-refractivity contribution >= 4 is 21.7 Å². The lowest BCUT2D eigenvalue weighted by Gasteiger charge is -2.27. The minimum Gasteiger partial charge on any atom is -0.390 e. The van der Waals surface area contributed by atoms with E-state index in [2.05, 4.69) is 16.0 Å². The van der Waals surface area contributed by atoms with Gasteiger partial charge in [-0.05, 0) is 56.4 Å². The van der Waals surface area contributed by atoms with Crippen LogP contribution in [0.1, 0.15) is 81.1 Å². The topological polar surface area (TPSA) is 125 Å². The monoisotopic (exact) mass is 571 g/mol. The van der Waals surface area contributed by atoms with Crippen molar-refractivity contribution in [1.29, 1.82) is 0 Å². The summed E-state index contributed by atoms with van der Waals surface area (Å²) in [6.45, 7) is 3.88. The lowest BCUT2D eigenvalue weighted by atomic mass is 9.95. The van der Waals surface area contributed by atoms with Gasteiger partial charge in [0.2, 0.25) is 5.91 Å². The van der Waals surface area contributed by atoms with Crippen LogP contribution in [0.15, 0.2) is 59.5 Å². The number of amides is 2. The van der Waals surface area contributed by atoms with Crippen LogP contribution in [0.2, 0.25) is 0 Å². The van der Waals surface area contributed by atoms with Gasteiger partial charge in [0.25, 0.3) is 5.91 Å². The van der Waals surface area contributed by atoms with Crippen molar-refractivity contribution in [2.75, 3.05) is 12.3 Å². The van der Waals surface area contributed by atoms with Crippen LogP contribution in [-0.2, 0) is 21.1 Å². The summed E-state index contributed by atoms with van der Waals surface area (Å²) < 4.78 is 25.5. The number of aliphatic hydroxyl groups excluding tert-OH is 1. The number of aliphatic hydroxyl groups is 1. The fourth-order valence-corrected chi connectivity index (χ4v) is 6.41. The molecule has 9 heteroatoms. The van der Waals surface area contributed by atoms with Crippen LogP contribution >= 0.6 is 0 Å². The second-order valence-corrected chi connectivity index (χ2v) is 13.0. The van der Waals surface area contributed by atoms with E-state index in [1.165, 1.54) is 18.6 Å². The molecule has 2 amide bonds. The highest BCUT2D eigenvalue weighted by Crippen LogP contribution is 2.18. The molecule has 0 bridgehead atoms. The minimum atomic E-state index is -3.50. The first-order valence-corrected chi connectivity index (χ1v) is 16.2. The molecule has 1 aliphatic carbocycles. The van der Waals surface area contributed by atoms with E-state index in [0.29, 0.717) is 12.8 Å². The van der Waals surface area contributed by atoms with Gasteiger partial charge < -0.3 is 21.1 Å². The number of benzene rings is 2. The van der Waals surface area contributed by atoms with Crippen LogP contribution in [0, 0.1) is 0 Å². The Kier molecular flexibility index (Phi) is 12.6. The zero-order valence-electron chi connectivity index (χ0n) is 23.8. The molecule has 3 rings (SSSR count). The number of hydrogen-bond acceptors (Lipinski definition) is 6. The van der Waals surface area contributed by atoms with Gasteiger partial charge in [0.05, 0.1) is 28.8 Å². The van der Waals surface area contributed by atoms with E-state index in [9.17, 15) is 23.1 Å². The fourth-order valence-electron chi connectivity index (χ4n) is 5.00. The predicted molar refractivity (Wildman–Crippen MR) is 158 cm³/mol. The van der Waals surface area contributed by atoms with Crippen molar-refractivity contribution in [1.82, 2.24) is 16.0 Å². The van der Waals surface area contributed by atoms with Crippen molar-refractivity contribution in [3.8, 4) is 0 Å². The van der Waals surface area contributed by atoms with Crippen LogP contribution in [0.3, 0.4) is 0 Å². The molecule has 2 aromatic carbocycles. The lowest BCUT2D eigenvalue weighted by molar-refractivity contribution is -0.123. The van der Waals surface area contributed by atoms with E-state index in [1.807, 2.05) is 37.3 Å². The first-order valence-electron chi connectivity index (χ1n) is 14.6. The van der Waals surface area contributed by atoms with Gasteiger partial charge in [-0.25, -0.2) is 8.42 Å². The van der Waals surface area contributed by atoms with Crippen molar-refractivity contribution in [2.24, 2.45) is 0 Å². The van der Waals surface area contributed by atoms with Crippen molar-refractivity contribution < 1.29 is 23.1 Å². The van der Waals surface area contributed by atoms with Gasteiger partial charge in [0.1, 0.15) is 0 Å².